The number of allylic oxidation sites excluding steroid dienone is 2. The summed E-state index contributed by atoms with van der Waals surface area (Å²) in [6, 6.07) is 5.58. The summed E-state index contributed by atoms with van der Waals surface area (Å²) in [6.45, 7) is 2.89. The third kappa shape index (κ3) is 3.29. The summed E-state index contributed by atoms with van der Waals surface area (Å²) in [7, 11) is 3.23. The Morgan fingerprint density at radius 2 is 2.13 bits per heavy atom. The zero-order chi connectivity index (χ0) is 16.4. The number of fused-ring (bicyclic) bond motifs is 1. The average Bonchev–Trinajstić information content (AvgIpc) is 2.58. The van der Waals surface area contributed by atoms with Crippen molar-refractivity contribution < 1.29 is 18.9 Å². The van der Waals surface area contributed by atoms with Crippen LogP contribution in [0.15, 0.2) is 39.7 Å². The van der Waals surface area contributed by atoms with Crippen molar-refractivity contribution in [2.75, 3.05) is 27.4 Å². The number of hydrogen-bond acceptors (Lipinski definition) is 5. The predicted octanol–water partition coefficient (Wildman–Crippen LogP) is 3.59. The molecule has 1 aromatic rings. The summed E-state index contributed by atoms with van der Waals surface area (Å²) in [5.41, 5.74) is 0.853. The first-order chi connectivity index (χ1) is 11.1. The molecule has 0 spiro atoms. The number of benzene rings is 1. The van der Waals surface area contributed by atoms with E-state index in [0.29, 0.717) is 29.9 Å². The van der Waals surface area contributed by atoms with Crippen molar-refractivity contribution in [3.05, 3.63) is 51.8 Å². The highest BCUT2D eigenvalue weighted by Crippen LogP contribution is 2.38. The molecule has 2 aliphatic rings. The summed E-state index contributed by atoms with van der Waals surface area (Å²) in [5.74, 6) is 2.12. The summed E-state index contributed by atoms with van der Waals surface area (Å²) < 4.78 is 22.9. The maximum atomic E-state index is 6.39. The van der Waals surface area contributed by atoms with E-state index in [-0.39, 0.29) is 0 Å². The van der Waals surface area contributed by atoms with E-state index in [1.165, 1.54) is 0 Å². The molecule has 2 heterocycles. The number of nitrogens with zero attached hydrogens (tertiary/aromatic N) is 1. The number of halogens is 2. The molecule has 0 unspecified atom stereocenters. The van der Waals surface area contributed by atoms with E-state index in [1.807, 2.05) is 29.6 Å². The summed E-state index contributed by atoms with van der Waals surface area (Å²) in [6.07, 6.45) is 1.39. The van der Waals surface area contributed by atoms with Gasteiger partial charge in [0.1, 0.15) is 23.3 Å². The second-order valence-electron chi connectivity index (χ2n) is 4.90. The van der Waals surface area contributed by atoms with Crippen molar-refractivity contribution in [3.8, 4) is 11.5 Å². The first-order valence-electron chi connectivity index (χ1n) is 7.00. The highest BCUT2D eigenvalue weighted by molar-refractivity contribution is 9.11. The summed E-state index contributed by atoms with van der Waals surface area (Å²) in [5, 5.41) is 0.522. The Morgan fingerprint density at radius 1 is 1.30 bits per heavy atom. The Labute approximate surface area is 148 Å². The van der Waals surface area contributed by atoms with E-state index in [1.54, 1.807) is 20.3 Å². The minimum absolute atomic E-state index is 0.401. The lowest BCUT2D eigenvalue weighted by atomic mass is 10.1. The molecule has 0 N–H and O–H groups in total. The van der Waals surface area contributed by atoms with Crippen LogP contribution in [0, 0.1) is 6.54 Å². The van der Waals surface area contributed by atoms with Crippen molar-refractivity contribution >= 4 is 27.5 Å². The Balaban J connectivity index is 1.89. The van der Waals surface area contributed by atoms with Gasteiger partial charge in [-0.15, -0.1) is 0 Å². The lowest BCUT2D eigenvalue weighted by molar-refractivity contribution is -0.0947. The molecule has 1 atom stereocenters. The monoisotopic (exact) mass is 400 g/mol. The zero-order valence-electron chi connectivity index (χ0n) is 12.7. The van der Waals surface area contributed by atoms with Crippen LogP contribution in [0.1, 0.15) is 5.56 Å². The quantitative estimate of drug-likeness (QED) is 0.721. The number of ether oxygens (including phenoxy) is 4. The van der Waals surface area contributed by atoms with E-state index in [9.17, 15) is 0 Å². The number of hydrogen-bond donors (Lipinski definition) is 0. The van der Waals surface area contributed by atoms with Gasteiger partial charge in [0.15, 0.2) is 12.0 Å². The van der Waals surface area contributed by atoms with Crippen LogP contribution >= 0.6 is 27.5 Å². The van der Waals surface area contributed by atoms with Gasteiger partial charge in [0.2, 0.25) is 0 Å². The molecule has 7 heteroatoms. The topological polar surface area (TPSA) is 40.2 Å². The molecule has 1 fully saturated rings. The predicted molar refractivity (Wildman–Crippen MR) is 90.4 cm³/mol. The van der Waals surface area contributed by atoms with Gasteiger partial charge < -0.3 is 23.8 Å². The van der Waals surface area contributed by atoms with Crippen LogP contribution in [-0.4, -0.2) is 38.6 Å². The summed E-state index contributed by atoms with van der Waals surface area (Å²) in [4.78, 5) is 1.81. The standard InChI is InChI=1S/C16H16BrClNO4/c1-20-11-4-3-10(13(7-11)21-2)9-19-14(18)8-12(17)15-16(19)23-6-5-22-15/h3-4,7-9,16H,5-6H2,1-2H3/t16-/m1/s1. The van der Waals surface area contributed by atoms with Crippen LogP contribution < -0.4 is 9.47 Å². The number of methoxy groups -OCH3 is 2. The van der Waals surface area contributed by atoms with Crippen molar-refractivity contribution in [2.45, 2.75) is 6.23 Å². The highest BCUT2D eigenvalue weighted by atomic mass is 79.9. The zero-order valence-corrected chi connectivity index (χ0v) is 15.1. The largest absolute Gasteiger partial charge is 0.497 e. The Kier molecular flexibility index (Phi) is 5.04. The Morgan fingerprint density at radius 3 is 2.87 bits per heavy atom. The summed E-state index contributed by atoms with van der Waals surface area (Å²) >= 11 is 9.85. The van der Waals surface area contributed by atoms with Crippen LogP contribution in [0.3, 0.4) is 0 Å². The van der Waals surface area contributed by atoms with E-state index >= 15 is 0 Å². The van der Waals surface area contributed by atoms with E-state index in [2.05, 4.69) is 15.9 Å². The van der Waals surface area contributed by atoms with Crippen LogP contribution in [-0.2, 0) is 9.47 Å². The molecule has 0 saturated carbocycles. The fourth-order valence-corrected chi connectivity index (χ4v) is 3.32. The van der Waals surface area contributed by atoms with Crippen molar-refractivity contribution in [1.29, 1.82) is 0 Å². The van der Waals surface area contributed by atoms with Gasteiger partial charge in [0.05, 0.1) is 31.9 Å². The molecule has 123 valence electrons. The minimum atomic E-state index is -0.401. The lowest BCUT2D eigenvalue weighted by Gasteiger charge is -2.39. The molecule has 0 aromatic heterocycles. The molecule has 0 amide bonds. The van der Waals surface area contributed by atoms with Gasteiger partial charge in [0, 0.05) is 11.6 Å². The van der Waals surface area contributed by atoms with Crippen molar-refractivity contribution in [2.24, 2.45) is 0 Å². The molecular weight excluding hydrogens is 386 g/mol. The maximum Gasteiger partial charge on any atom is 0.191 e. The van der Waals surface area contributed by atoms with E-state index in [4.69, 9.17) is 30.5 Å². The van der Waals surface area contributed by atoms with Crippen LogP contribution in [0.4, 0.5) is 0 Å². The fraction of sp³-hybridized carbons (Fsp3) is 0.312. The molecule has 1 saturated heterocycles. The van der Waals surface area contributed by atoms with Gasteiger partial charge in [-0.05, 0) is 34.1 Å². The van der Waals surface area contributed by atoms with Gasteiger partial charge in [-0.3, -0.25) is 0 Å². The molecule has 5 nitrogen and oxygen atoms in total. The van der Waals surface area contributed by atoms with Crippen LogP contribution in [0.5, 0.6) is 11.5 Å². The third-order valence-corrected chi connectivity index (χ3v) is 4.46. The van der Waals surface area contributed by atoms with Gasteiger partial charge in [-0.1, -0.05) is 11.6 Å². The maximum absolute atomic E-state index is 6.39. The fourth-order valence-electron chi connectivity index (χ4n) is 2.42. The second-order valence-corrected chi connectivity index (χ2v) is 6.14. The lowest BCUT2D eigenvalue weighted by Crippen LogP contribution is -2.42. The van der Waals surface area contributed by atoms with E-state index in [0.717, 1.165) is 15.8 Å². The molecule has 0 aliphatic carbocycles. The first kappa shape index (κ1) is 16.5. The Bertz CT molecular complexity index is 661. The first-order valence-corrected chi connectivity index (χ1v) is 8.17. The molecular formula is C16H16BrClNO4. The molecule has 0 bridgehead atoms. The van der Waals surface area contributed by atoms with Gasteiger partial charge in [-0.25, -0.2) is 0 Å². The highest BCUT2D eigenvalue weighted by Gasteiger charge is 2.34. The molecule has 23 heavy (non-hydrogen) atoms. The SMILES string of the molecule is COc1ccc([CH]N2C(Cl)=CC(Br)=C3OCCO[C@H]32)c(OC)c1. The van der Waals surface area contributed by atoms with Crippen LogP contribution in [0.2, 0.25) is 0 Å². The van der Waals surface area contributed by atoms with Gasteiger partial charge in [-0.2, -0.15) is 0 Å². The van der Waals surface area contributed by atoms with Crippen molar-refractivity contribution in [3.63, 3.8) is 0 Å². The molecule has 1 aromatic carbocycles. The second kappa shape index (κ2) is 7.03. The molecule has 3 rings (SSSR count). The normalized spacial score (nSPS) is 20.6. The van der Waals surface area contributed by atoms with Gasteiger partial charge >= 0.3 is 0 Å². The third-order valence-electron chi connectivity index (χ3n) is 3.54. The Hall–Kier alpha value is -1.37. The molecule has 2 aliphatic heterocycles. The van der Waals surface area contributed by atoms with E-state index < -0.39 is 6.23 Å². The molecule has 1 radical (unpaired) electrons. The van der Waals surface area contributed by atoms with Crippen molar-refractivity contribution in [1.82, 2.24) is 4.90 Å². The van der Waals surface area contributed by atoms with Crippen LogP contribution in [0.25, 0.3) is 0 Å². The minimum Gasteiger partial charge on any atom is -0.497 e. The van der Waals surface area contributed by atoms with Gasteiger partial charge in [0.25, 0.3) is 0 Å². The smallest absolute Gasteiger partial charge is 0.191 e. The average molecular weight is 402 g/mol. The number of rotatable bonds is 4.